The molecule has 2 amide bonds. The van der Waals surface area contributed by atoms with E-state index in [1.807, 2.05) is 35.2 Å². The van der Waals surface area contributed by atoms with E-state index in [4.69, 9.17) is 6.72 Å². The molecule has 1 saturated carbocycles. The van der Waals surface area contributed by atoms with Crippen LogP contribution in [0.25, 0.3) is 0 Å². The molecule has 30 heavy (non-hydrogen) atoms. The van der Waals surface area contributed by atoms with E-state index in [0.29, 0.717) is 18.5 Å². The van der Waals surface area contributed by atoms with Crippen LogP contribution in [0.5, 0.6) is 0 Å². The number of carbonyl (C=O) groups is 2. The summed E-state index contributed by atoms with van der Waals surface area (Å²) >= 11 is 0. The van der Waals surface area contributed by atoms with Gasteiger partial charge >= 0.3 is 31.1 Å². The van der Waals surface area contributed by atoms with Crippen LogP contribution in [0.2, 0.25) is 0 Å². The van der Waals surface area contributed by atoms with Gasteiger partial charge in [-0.25, -0.2) is 0 Å². The molecule has 2 N–H and O–H groups in total. The van der Waals surface area contributed by atoms with Gasteiger partial charge in [0.15, 0.2) is 0 Å². The van der Waals surface area contributed by atoms with Crippen molar-refractivity contribution in [2.45, 2.75) is 56.7 Å². The number of nitrogens with zero attached hydrogens (tertiary/aromatic N) is 3. The van der Waals surface area contributed by atoms with Gasteiger partial charge < -0.3 is 38.7 Å². The first-order chi connectivity index (χ1) is 14.2. The van der Waals surface area contributed by atoms with Gasteiger partial charge in [0, 0.05) is 18.2 Å². The standard InChI is InChI=1S/C22H25N5O2.U/c1-23-25-13-7-12-19(28)27-18-11-6-5-10-16(18)26-17-14-24-22(29)20(17)21(27)15-8-3-2-4-9-15;/h1-4,8-9,16,18,21,26H,5-7,10-12,14H2,(H,24,29);/q-2;+2. The van der Waals surface area contributed by atoms with Gasteiger partial charge in [-0.2, -0.15) is 6.42 Å². The van der Waals surface area contributed by atoms with Gasteiger partial charge in [0.05, 0.1) is 24.2 Å². The minimum Gasteiger partial charge on any atom is -0.417 e. The molecule has 0 spiro atoms. The first-order valence-electron chi connectivity index (χ1n) is 10.2. The van der Waals surface area contributed by atoms with Crippen LogP contribution in [0.15, 0.2) is 51.8 Å². The van der Waals surface area contributed by atoms with Crippen molar-refractivity contribution >= 4 is 24.7 Å². The maximum Gasteiger partial charge on any atom is 2.00 e. The third-order valence-electron chi connectivity index (χ3n) is 5.98. The van der Waals surface area contributed by atoms with Crippen LogP contribution in [0.4, 0.5) is 0 Å². The average molecular weight is 630 g/mol. The molecule has 8 heteroatoms. The number of nitrogens with one attached hydrogen (secondary N) is 2. The molecule has 0 radical (unpaired) electrons. The molecule has 0 bridgehead atoms. The van der Waals surface area contributed by atoms with E-state index in [1.165, 1.54) is 0 Å². The van der Waals surface area contributed by atoms with Gasteiger partial charge in [0.2, 0.25) is 5.91 Å². The molecule has 3 unspecified atom stereocenters. The topological polar surface area (TPSA) is 86.2 Å². The summed E-state index contributed by atoms with van der Waals surface area (Å²) in [5.74, 6) is -0.112. The Labute approximate surface area is 200 Å². The maximum absolute atomic E-state index is 13.4. The second kappa shape index (κ2) is 10.4. The van der Waals surface area contributed by atoms with Crippen molar-refractivity contribution in [1.29, 1.82) is 0 Å². The Balaban J connectivity index is 0.00000256. The Bertz CT molecular complexity index is 854. The fraction of sp³-hybridized carbons (Fsp3) is 0.455. The first kappa shape index (κ1) is 22.8. The maximum atomic E-state index is 13.4. The van der Waals surface area contributed by atoms with Gasteiger partial charge in [0.1, 0.15) is 0 Å². The molecular weight excluding hydrogens is 604 g/mol. The fourth-order valence-electron chi connectivity index (χ4n) is 4.76. The van der Waals surface area contributed by atoms with E-state index < -0.39 is 6.04 Å². The van der Waals surface area contributed by atoms with Gasteiger partial charge in [-0.3, -0.25) is 9.59 Å². The summed E-state index contributed by atoms with van der Waals surface area (Å²) in [6.07, 6.45) is 7.36. The molecule has 7 nitrogen and oxygen atoms in total. The van der Waals surface area contributed by atoms with E-state index in [9.17, 15) is 9.59 Å². The van der Waals surface area contributed by atoms with Crippen molar-refractivity contribution in [3.05, 3.63) is 47.2 Å². The summed E-state index contributed by atoms with van der Waals surface area (Å²) < 4.78 is 0. The Morgan fingerprint density at radius 2 is 2.00 bits per heavy atom. The van der Waals surface area contributed by atoms with Gasteiger partial charge in [-0.05, 0) is 18.4 Å². The predicted octanol–water partition coefficient (Wildman–Crippen LogP) is 2.08. The molecule has 3 aliphatic rings. The Morgan fingerprint density at radius 3 is 2.77 bits per heavy atom. The summed E-state index contributed by atoms with van der Waals surface area (Å²) in [5, 5.41) is 13.2. The van der Waals surface area contributed by atoms with E-state index in [0.717, 1.165) is 36.9 Å². The normalized spacial score (nSPS) is 25.5. The van der Waals surface area contributed by atoms with Gasteiger partial charge in [0.25, 0.3) is 5.91 Å². The first-order valence-corrected chi connectivity index (χ1v) is 10.2. The second-order valence-corrected chi connectivity index (χ2v) is 7.67. The van der Waals surface area contributed by atoms with Crippen LogP contribution in [0.3, 0.4) is 0 Å². The monoisotopic (exact) mass is 629 g/mol. The van der Waals surface area contributed by atoms with Crippen LogP contribution in [-0.2, 0) is 9.59 Å². The van der Waals surface area contributed by atoms with Crippen molar-refractivity contribution in [2.75, 3.05) is 6.54 Å². The van der Waals surface area contributed by atoms with Crippen LogP contribution in [0, 0.1) is 31.1 Å². The molecule has 2 aliphatic heterocycles. The molecular formula is C22H25N5O2U. The molecule has 3 atom stereocenters. The zero-order chi connectivity index (χ0) is 20.2. The number of benzene rings is 1. The number of carbonyl (C=O) groups excluding carboxylic acids is 2. The van der Waals surface area contributed by atoms with E-state index in [-0.39, 0.29) is 61.4 Å². The number of hydrogen-bond donors (Lipinski definition) is 2. The number of rotatable bonds is 5. The van der Waals surface area contributed by atoms with E-state index in [1.54, 1.807) is 0 Å². The van der Waals surface area contributed by atoms with Crippen molar-refractivity contribution in [1.82, 2.24) is 15.5 Å². The Morgan fingerprint density at radius 1 is 1.23 bits per heavy atom. The number of amides is 2. The minimum absolute atomic E-state index is 0. The van der Waals surface area contributed by atoms with Gasteiger partial charge in [-0.1, -0.05) is 43.2 Å². The summed E-state index contributed by atoms with van der Waals surface area (Å²) in [4.78, 5) is 28.2. The van der Waals surface area contributed by atoms with Crippen LogP contribution < -0.4 is 10.6 Å². The minimum atomic E-state index is -0.405. The van der Waals surface area contributed by atoms with E-state index >= 15 is 0 Å². The van der Waals surface area contributed by atoms with Crippen LogP contribution in [-0.4, -0.2) is 48.3 Å². The molecule has 1 fully saturated rings. The van der Waals surface area contributed by atoms with Crippen molar-refractivity contribution in [3.8, 4) is 0 Å². The van der Waals surface area contributed by atoms with Crippen LogP contribution >= 0.6 is 0 Å². The zero-order valence-corrected chi connectivity index (χ0v) is 21.0. The molecule has 1 aromatic carbocycles. The Kier molecular flexibility index (Phi) is 7.90. The van der Waals surface area contributed by atoms with Gasteiger partial charge in [-0.15, -0.1) is 0 Å². The molecule has 154 valence electrons. The largest absolute Gasteiger partial charge is 2.00 e. The van der Waals surface area contributed by atoms with E-state index in [2.05, 4.69) is 27.1 Å². The summed E-state index contributed by atoms with van der Waals surface area (Å²) in [6, 6.07) is 9.61. The third-order valence-corrected chi connectivity index (χ3v) is 5.98. The molecule has 2 heterocycles. The smallest absolute Gasteiger partial charge is 0.417 e. The number of hydrogen-bond acceptors (Lipinski definition) is 5. The molecule has 0 aromatic heterocycles. The third kappa shape index (κ3) is 4.55. The summed E-state index contributed by atoms with van der Waals surface area (Å²) in [6.45, 7) is 5.50. The average Bonchev–Trinajstić information content (AvgIpc) is 3.02. The number of fused-ring (bicyclic) bond motifs is 1. The molecule has 1 aromatic rings. The van der Waals surface area contributed by atoms with Crippen molar-refractivity contribution < 1.29 is 40.7 Å². The fourth-order valence-corrected chi connectivity index (χ4v) is 4.76. The molecule has 0 saturated heterocycles. The SMILES string of the molecule is [CH-]=NN=[C-]CCC(=O)N1C(c2ccccc2)C2=C(CNC2=O)NC2CCCCC21.[U+2]. The van der Waals surface area contributed by atoms with Crippen molar-refractivity contribution in [3.63, 3.8) is 0 Å². The molecule has 1 aliphatic carbocycles. The summed E-state index contributed by atoms with van der Waals surface area (Å²) in [5.41, 5.74) is 2.53. The quantitative estimate of drug-likeness (QED) is 0.297. The Hall–Kier alpha value is -1.91. The van der Waals surface area contributed by atoms with Crippen LogP contribution in [0.1, 0.15) is 50.1 Å². The predicted molar refractivity (Wildman–Crippen MR) is 110 cm³/mol. The molecule has 4 rings (SSSR count). The second-order valence-electron chi connectivity index (χ2n) is 7.67. The zero-order valence-electron chi connectivity index (χ0n) is 16.8. The summed E-state index contributed by atoms with van der Waals surface area (Å²) in [7, 11) is 0. The van der Waals surface area contributed by atoms with Crippen molar-refractivity contribution in [2.24, 2.45) is 10.2 Å².